The minimum absolute atomic E-state index is 0.0533. The summed E-state index contributed by atoms with van der Waals surface area (Å²) in [6.45, 7) is 5.52. The van der Waals surface area contributed by atoms with Gasteiger partial charge >= 0.3 is 0 Å². The van der Waals surface area contributed by atoms with Gasteiger partial charge in [-0.05, 0) is 18.9 Å². The Hall–Kier alpha value is -1.98. The van der Waals surface area contributed by atoms with Crippen molar-refractivity contribution in [1.82, 2.24) is 24.5 Å². The largest absolute Gasteiger partial charge is 0.342 e. The van der Waals surface area contributed by atoms with Gasteiger partial charge in [0.15, 0.2) is 0 Å². The third-order valence-corrected chi connectivity index (χ3v) is 3.85. The van der Waals surface area contributed by atoms with Gasteiger partial charge < -0.3 is 4.90 Å². The Kier molecular flexibility index (Phi) is 3.38. The van der Waals surface area contributed by atoms with Gasteiger partial charge in [0.25, 0.3) is 5.78 Å². The van der Waals surface area contributed by atoms with Crippen LogP contribution in [0.1, 0.15) is 38.3 Å². The molecule has 6 nitrogen and oxygen atoms in total. The topological polar surface area (TPSA) is 63.4 Å². The zero-order valence-electron chi connectivity index (χ0n) is 11.9. The molecule has 0 radical (unpaired) electrons. The molecular weight excluding hydrogens is 254 g/mol. The molecule has 106 valence electrons. The van der Waals surface area contributed by atoms with Crippen LogP contribution in [0.4, 0.5) is 0 Å². The van der Waals surface area contributed by atoms with Crippen molar-refractivity contribution in [3.05, 3.63) is 24.3 Å². The number of piperidine rings is 1. The summed E-state index contributed by atoms with van der Waals surface area (Å²) in [6.07, 6.45) is 5.39. The zero-order chi connectivity index (χ0) is 14.1. The first-order valence-corrected chi connectivity index (χ1v) is 7.10. The third-order valence-electron chi connectivity index (χ3n) is 3.85. The second-order valence-electron chi connectivity index (χ2n) is 5.62. The van der Waals surface area contributed by atoms with E-state index in [1.54, 1.807) is 10.7 Å². The zero-order valence-corrected chi connectivity index (χ0v) is 11.9. The highest BCUT2D eigenvalue weighted by Crippen LogP contribution is 2.27. The third kappa shape index (κ3) is 2.26. The van der Waals surface area contributed by atoms with Crippen LogP contribution in [0.5, 0.6) is 0 Å². The second-order valence-corrected chi connectivity index (χ2v) is 5.62. The molecular formula is C14H19N5O. The lowest BCUT2D eigenvalue weighted by molar-refractivity contribution is -0.135. The first kappa shape index (κ1) is 13.0. The van der Waals surface area contributed by atoms with Crippen LogP contribution in [0.3, 0.4) is 0 Å². The Labute approximate surface area is 117 Å². The standard InChI is InChI=1S/C14H19N5O/c1-10(2)13(20)18-7-3-4-11(8-18)12-5-6-15-14-16-9-17-19(12)14/h5-6,9-11H,3-4,7-8H2,1-2H3. The van der Waals surface area contributed by atoms with E-state index in [0.717, 1.165) is 31.6 Å². The molecule has 1 saturated heterocycles. The Balaban J connectivity index is 1.87. The van der Waals surface area contributed by atoms with Crippen molar-refractivity contribution in [3.63, 3.8) is 0 Å². The van der Waals surface area contributed by atoms with Crippen molar-refractivity contribution in [3.8, 4) is 0 Å². The lowest BCUT2D eigenvalue weighted by Crippen LogP contribution is -2.41. The average molecular weight is 273 g/mol. The fourth-order valence-electron chi connectivity index (χ4n) is 2.85. The molecule has 2 aromatic heterocycles. The normalized spacial score (nSPS) is 19.8. The molecule has 1 aliphatic rings. The molecule has 0 saturated carbocycles. The molecule has 0 N–H and O–H groups in total. The van der Waals surface area contributed by atoms with Crippen molar-refractivity contribution in [1.29, 1.82) is 0 Å². The van der Waals surface area contributed by atoms with Crippen LogP contribution in [-0.4, -0.2) is 43.5 Å². The molecule has 2 aromatic rings. The molecule has 20 heavy (non-hydrogen) atoms. The number of carbonyl (C=O) groups excluding carboxylic acids is 1. The maximum absolute atomic E-state index is 12.2. The van der Waals surface area contributed by atoms with Gasteiger partial charge in [-0.15, -0.1) is 0 Å². The summed E-state index contributed by atoms with van der Waals surface area (Å²) in [7, 11) is 0. The van der Waals surface area contributed by atoms with E-state index in [1.165, 1.54) is 6.33 Å². The summed E-state index contributed by atoms with van der Waals surface area (Å²) in [4.78, 5) is 22.4. The highest BCUT2D eigenvalue weighted by Gasteiger charge is 2.27. The predicted molar refractivity (Wildman–Crippen MR) is 74.2 cm³/mol. The van der Waals surface area contributed by atoms with Gasteiger partial charge in [-0.25, -0.2) is 9.50 Å². The summed E-state index contributed by atoms with van der Waals surface area (Å²) in [5.74, 6) is 1.21. The number of rotatable bonds is 2. The van der Waals surface area contributed by atoms with E-state index in [1.807, 2.05) is 24.8 Å². The Bertz CT molecular complexity index is 621. The van der Waals surface area contributed by atoms with Crippen molar-refractivity contribution >= 4 is 11.7 Å². The molecule has 1 unspecified atom stereocenters. The Morgan fingerprint density at radius 1 is 1.40 bits per heavy atom. The van der Waals surface area contributed by atoms with Gasteiger partial charge in [0, 0.05) is 31.1 Å². The van der Waals surface area contributed by atoms with Gasteiger partial charge in [-0.1, -0.05) is 13.8 Å². The molecule has 6 heteroatoms. The van der Waals surface area contributed by atoms with E-state index in [0.29, 0.717) is 11.7 Å². The number of amides is 1. The molecule has 1 atom stereocenters. The first-order valence-electron chi connectivity index (χ1n) is 7.10. The van der Waals surface area contributed by atoms with Crippen molar-refractivity contribution in [2.75, 3.05) is 13.1 Å². The number of hydrogen-bond acceptors (Lipinski definition) is 4. The molecule has 0 spiro atoms. The monoisotopic (exact) mass is 273 g/mol. The molecule has 0 aromatic carbocycles. The quantitative estimate of drug-likeness (QED) is 0.831. The molecule has 1 aliphatic heterocycles. The summed E-state index contributed by atoms with van der Waals surface area (Å²) >= 11 is 0. The van der Waals surface area contributed by atoms with Gasteiger partial charge in [0.2, 0.25) is 5.91 Å². The van der Waals surface area contributed by atoms with Crippen molar-refractivity contribution in [2.24, 2.45) is 5.92 Å². The van der Waals surface area contributed by atoms with Crippen molar-refractivity contribution in [2.45, 2.75) is 32.6 Å². The van der Waals surface area contributed by atoms with Crippen LogP contribution in [0.25, 0.3) is 5.78 Å². The van der Waals surface area contributed by atoms with Crippen LogP contribution >= 0.6 is 0 Å². The molecule has 0 bridgehead atoms. The van der Waals surface area contributed by atoms with Crippen LogP contribution < -0.4 is 0 Å². The predicted octanol–water partition coefficient (Wildman–Crippen LogP) is 1.49. The first-order chi connectivity index (χ1) is 9.66. The van der Waals surface area contributed by atoms with E-state index >= 15 is 0 Å². The molecule has 0 aliphatic carbocycles. The fraction of sp³-hybridized carbons (Fsp3) is 0.571. The van der Waals surface area contributed by atoms with Gasteiger partial charge in [0.05, 0.1) is 5.69 Å². The van der Waals surface area contributed by atoms with Crippen LogP contribution in [0.15, 0.2) is 18.6 Å². The summed E-state index contributed by atoms with van der Waals surface area (Å²) in [5.41, 5.74) is 1.09. The number of likely N-dealkylation sites (tertiary alicyclic amines) is 1. The molecule has 3 heterocycles. The lowest BCUT2D eigenvalue weighted by Gasteiger charge is -2.34. The van der Waals surface area contributed by atoms with E-state index in [9.17, 15) is 4.79 Å². The number of fused-ring (bicyclic) bond motifs is 1. The van der Waals surface area contributed by atoms with E-state index < -0.39 is 0 Å². The van der Waals surface area contributed by atoms with Crippen LogP contribution in [0, 0.1) is 5.92 Å². The van der Waals surface area contributed by atoms with Gasteiger partial charge in [0.1, 0.15) is 6.33 Å². The Morgan fingerprint density at radius 3 is 3.05 bits per heavy atom. The number of hydrogen-bond donors (Lipinski definition) is 0. The van der Waals surface area contributed by atoms with Crippen LogP contribution in [-0.2, 0) is 4.79 Å². The highest BCUT2D eigenvalue weighted by molar-refractivity contribution is 5.78. The Morgan fingerprint density at radius 2 is 2.25 bits per heavy atom. The summed E-state index contributed by atoms with van der Waals surface area (Å²) in [5, 5.41) is 4.24. The van der Waals surface area contributed by atoms with E-state index in [2.05, 4.69) is 15.1 Å². The SMILES string of the molecule is CC(C)C(=O)N1CCCC(c2ccnc3ncnn23)C1. The molecule has 3 rings (SSSR count). The summed E-state index contributed by atoms with van der Waals surface area (Å²) in [6, 6.07) is 1.98. The summed E-state index contributed by atoms with van der Waals surface area (Å²) < 4.78 is 1.79. The maximum atomic E-state index is 12.2. The maximum Gasteiger partial charge on any atom is 0.252 e. The fourth-order valence-corrected chi connectivity index (χ4v) is 2.85. The minimum Gasteiger partial charge on any atom is -0.342 e. The molecule has 1 fully saturated rings. The van der Waals surface area contributed by atoms with Crippen molar-refractivity contribution < 1.29 is 4.79 Å². The van der Waals surface area contributed by atoms with Crippen LogP contribution in [0.2, 0.25) is 0 Å². The van der Waals surface area contributed by atoms with Gasteiger partial charge in [-0.2, -0.15) is 10.1 Å². The highest BCUT2D eigenvalue weighted by atomic mass is 16.2. The van der Waals surface area contributed by atoms with E-state index in [4.69, 9.17) is 0 Å². The number of carbonyl (C=O) groups is 1. The number of nitrogens with zero attached hydrogens (tertiary/aromatic N) is 5. The lowest BCUT2D eigenvalue weighted by atomic mass is 9.93. The second kappa shape index (κ2) is 5.19. The number of aromatic nitrogens is 4. The minimum atomic E-state index is 0.0533. The smallest absolute Gasteiger partial charge is 0.252 e. The average Bonchev–Trinajstić information content (AvgIpc) is 2.94. The molecule has 1 amide bonds. The van der Waals surface area contributed by atoms with E-state index in [-0.39, 0.29) is 11.8 Å². The van der Waals surface area contributed by atoms with Gasteiger partial charge in [-0.3, -0.25) is 4.79 Å².